The van der Waals surface area contributed by atoms with Crippen LogP contribution in [-0.2, 0) is 18.2 Å². The van der Waals surface area contributed by atoms with Crippen molar-refractivity contribution >= 4 is 0 Å². The Morgan fingerprint density at radius 2 is 2.53 bits per heavy atom. The summed E-state index contributed by atoms with van der Waals surface area (Å²) in [6.45, 7) is 2.86. The highest BCUT2D eigenvalue weighted by Crippen LogP contribution is 2.27. The fourth-order valence-corrected chi connectivity index (χ4v) is 2.10. The third-order valence-corrected chi connectivity index (χ3v) is 3.38. The predicted octanol–water partition coefficient (Wildman–Crippen LogP) is 0.859. The number of nitrogens with two attached hydrogens (primary N) is 1. The summed E-state index contributed by atoms with van der Waals surface area (Å²) in [5.41, 5.74) is 7.41. The van der Waals surface area contributed by atoms with Crippen molar-refractivity contribution in [2.45, 2.75) is 37.8 Å². The van der Waals surface area contributed by atoms with Crippen LogP contribution in [0.1, 0.15) is 25.3 Å². The fourth-order valence-electron chi connectivity index (χ4n) is 2.10. The van der Waals surface area contributed by atoms with E-state index in [2.05, 4.69) is 12.0 Å². The topological polar surface area (TPSA) is 53.1 Å². The van der Waals surface area contributed by atoms with Gasteiger partial charge in [-0.05, 0) is 31.7 Å². The van der Waals surface area contributed by atoms with Crippen LogP contribution in [0.5, 0.6) is 0 Å². The normalized spacial score (nSPS) is 31.0. The summed E-state index contributed by atoms with van der Waals surface area (Å²) < 4.78 is 7.34. The smallest absolute Gasteiger partial charge is 0.0727 e. The molecule has 2 rings (SSSR count). The molecule has 0 aliphatic carbocycles. The van der Waals surface area contributed by atoms with Gasteiger partial charge in [0, 0.05) is 25.4 Å². The van der Waals surface area contributed by atoms with Crippen molar-refractivity contribution in [1.82, 2.24) is 9.78 Å². The number of rotatable bonds is 3. The monoisotopic (exact) mass is 209 g/mol. The number of aromatic nitrogens is 2. The number of nitrogens with zero attached hydrogens (tertiary/aromatic N) is 2. The number of hydrogen-bond donors (Lipinski definition) is 1. The van der Waals surface area contributed by atoms with Gasteiger partial charge >= 0.3 is 0 Å². The van der Waals surface area contributed by atoms with Crippen molar-refractivity contribution in [3.63, 3.8) is 0 Å². The van der Waals surface area contributed by atoms with Gasteiger partial charge in [-0.3, -0.25) is 4.68 Å². The highest BCUT2D eigenvalue weighted by Gasteiger charge is 2.37. The van der Waals surface area contributed by atoms with Crippen LogP contribution in [-0.4, -0.2) is 28.0 Å². The molecule has 2 atom stereocenters. The lowest BCUT2D eigenvalue weighted by Crippen LogP contribution is -2.46. The third kappa shape index (κ3) is 2.21. The number of ether oxygens (including phenoxy) is 1. The van der Waals surface area contributed by atoms with Crippen LogP contribution in [0.4, 0.5) is 0 Å². The molecule has 1 saturated heterocycles. The van der Waals surface area contributed by atoms with E-state index in [-0.39, 0.29) is 11.6 Å². The molecule has 4 nitrogen and oxygen atoms in total. The molecule has 0 bridgehead atoms. The second-order valence-corrected chi connectivity index (χ2v) is 4.52. The first-order chi connectivity index (χ1) is 7.10. The molecule has 15 heavy (non-hydrogen) atoms. The van der Waals surface area contributed by atoms with E-state index in [4.69, 9.17) is 10.5 Å². The first-order valence-corrected chi connectivity index (χ1v) is 5.48. The SMILES string of the molecule is CC1OCCC1(N)CCc1cnn(C)c1. The van der Waals surface area contributed by atoms with E-state index in [9.17, 15) is 0 Å². The van der Waals surface area contributed by atoms with E-state index < -0.39 is 0 Å². The lowest BCUT2D eigenvalue weighted by atomic mass is 9.87. The van der Waals surface area contributed by atoms with Gasteiger partial charge in [0.25, 0.3) is 0 Å². The summed E-state index contributed by atoms with van der Waals surface area (Å²) in [4.78, 5) is 0. The molecule has 2 heterocycles. The molecule has 1 aliphatic rings. The predicted molar refractivity (Wildman–Crippen MR) is 58.5 cm³/mol. The van der Waals surface area contributed by atoms with E-state index in [0.29, 0.717) is 0 Å². The molecule has 84 valence electrons. The molecule has 2 N–H and O–H groups in total. The number of hydrogen-bond acceptors (Lipinski definition) is 3. The Morgan fingerprint density at radius 3 is 3.07 bits per heavy atom. The maximum atomic E-state index is 6.31. The summed E-state index contributed by atoms with van der Waals surface area (Å²) >= 11 is 0. The molecule has 4 heteroatoms. The van der Waals surface area contributed by atoms with Gasteiger partial charge in [0.2, 0.25) is 0 Å². The second kappa shape index (κ2) is 3.94. The van der Waals surface area contributed by atoms with E-state index in [1.807, 2.05) is 24.1 Å². The van der Waals surface area contributed by atoms with E-state index in [1.165, 1.54) is 5.56 Å². The molecule has 1 aromatic heterocycles. The summed E-state index contributed by atoms with van der Waals surface area (Å²) in [5.74, 6) is 0. The Kier molecular flexibility index (Phi) is 2.80. The van der Waals surface area contributed by atoms with Crippen LogP contribution in [0.2, 0.25) is 0 Å². The van der Waals surface area contributed by atoms with E-state index in [0.717, 1.165) is 25.9 Å². The van der Waals surface area contributed by atoms with Crippen LogP contribution in [0.25, 0.3) is 0 Å². The lowest BCUT2D eigenvalue weighted by Gasteiger charge is -2.27. The average Bonchev–Trinajstić information content (AvgIpc) is 2.73. The van der Waals surface area contributed by atoms with Gasteiger partial charge in [0.1, 0.15) is 0 Å². The van der Waals surface area contributed by atoms with Gasteiger partial charge in [0.05, 0.1) is 12.3 Å². The minimum absolute atomic E-state index is 0.143. The first-order valence-electron chi connectivity index (χ1n) is 5.48. The van der Waals surface area contributed by atoms with Gasteiger partial charge in [0.15, 0.2) is 0 Å². The van der Waals surface area contributed by atoms with Crippen molar-refractivity contribution in [3.05, 3.63) is 18.0 Å². The van der Waals surface area contributed by atoms with E-state index >= 15 is 0 Å². The van der Waals surface area contributed by atoms with Crippen molar-refractivity contribution in [1.29, 1.82) is 0 Å². The van der Waals surface area contributed by atoms with Gasteiger partial charge in [-0.15, -0.1) is 0 Å². The van der Waals surface area contributed by atoms with Crippen molar-refractivity contribution in [3.8, 4) is 0 Å². The summed E-state index contributed by atoms with van der Waals surface area (Å²) in [6.07, 6.45) is 7.05. The molecule has 2 unspecified atom stereocenters. The molecule has 0 amide bonds. The Hall–Kier alpha value is -0.870. The average molecular weight is 209 g/mol. The molecule has 0 spiro atoms. The minimum Gasteiger partial charge on any atom is -0.377 e. The van der Waals surface area contributed by atoms with Gasteiger partial charge < -0.3 is 10.5 Å². The highest BCUT2D eigenvalue weighted by atomic mass is 16.5. The quantitative estimate of drug-likeness (QED) is 0.803. The molecule has 1 aromatic rings. The second-order valence-electron chi connectivity index (χ2n) is 4.52. The minimum atomic E-state index is -0.143. The zero-order valence-electron chi connectivity index (χ0n) is 9.44. The maximum absolute atomic E-state index is 6.31. The first kappa shape index (κ1) is 10.6. The van der Waals surface area contributed by atoms with E-state index in [1.54, 1.807) is 0 Å². The summed E-state index contributed by atoms with van der Waals surface area (Å²) in [6, 6.07) is 0. The van der Waals surface area contributed by atoms with Crippen LogP contribution in [0.15, 0.2) is 12.4 Å². The molecule has 1 aliphatic heterocycles. The Bertz CT molecular complexity index is 336. The highest BCUT2D eigenvalue weighted by molar-refractivity contribution is 5.06. The Labute approximate surface area is 90.4 Å². The van der Waals surface area contributed by atoms with Crippen molar-refractivity contribution in [2.24, 2.45) is 12.8 Å². The molecule has 1 fully saturated rings. The van der Waals surface area contributed by atoms with Crippen LogP contribution >= 0.6 is 0 Å². The summed E-state index contributed by atoms with van der Waals surface area (Å²) in [5, 5.41) is 4.15. The van der Waals surface area contributed by atoms with Gasteiger partial charge in [-0.25, -0.2) is 0 Å². The molecule has 0 radical (unpaired) electrons. The number of aryl methyl sites for hydroxylation is 2. The van der Waals surface area contributed by atoms with Gasteiger partial charge in [-0.2, -0.15) is 5.10 Å². The van der Waals surface area contributed by atoms with Crippen LogP contribution in [0.3, 0.4) is 0 Å². The Balaban J connectivity index is 1.92. The Morgan fingerprint density at radius 1 is 1.73 bits per heavy atom. The molecular formula is C11H19N3O. The van der Waals surface area contributed by atoms with Crippen molar-refractivity contribution < 1.29 is 4.74 Å². The standard InChI is InChI=1S/C11H19N3O/c1-9-11(12,5-6-15-9)4-3-10-7-13-14(2)8-10/h7-9H,3-6,12H2,1-2H3. The summed E-state index contributed by atoms with van der Waals surface area (Å²) in [7, 11) is 1.93. The molecule has 0 aromatic carbocycles. The fraction of sp³-hybridized carbons (Fsp3) is 0.727. The lowest BCUT2D eigenvalue weighted by molar-refractivity contribution is 0.0930. The van der Waals surface area contributed by atoms with Crippen LogP contribution < -0.4 is 5.73 Å². The zero-order valence-corrected chi connectivity index (χ0v) is 9.44. The largest absolute Gasteiger partial charge is 0.377 e. The van der Waals surface area contributed by atoms with Crippen LogP contribution in [0, 0.1) is 0 Å². The zero-order chi connectivity index (χ0) is 10.9. The van der Waals surface area contributed by atoms with Crippen molar-refractivity contribution in [2.75, 3.05) is 6.61 Å². The van der Waals surface area contributed by atoms with Gasteiger partial charge in [-0.1, -0.05) is 0 Å². The molecular weight excluding hydrogens is 190 g/mol. The third-order valence-electron chi connectivity index (χ3n) is 3.38. The maximum Gasteiger partial charge on any atom is 0.0727 e. The molecule has 0 saturated carbocycles.